The molecule has 10 heteroatoms. The highest BCUT2D eigenvalue weighted by atomic mass is 32.2. The maximum Gasteiger partial charge on any atom is 0.235 e. The number of carbonyl (C=O) groups is 1. The van der Waals surface area contributed by atoms with Gasteiger partial charge in [-0.15, -0.1) is 21.5 Å². The van der Waals surface area contributed by atoms with Gasteiger partial charge in [0.2, 0.25) is 11.1 Å². The first-order valence-corrected chi connectivity index (χ1v) is 9.83. The summed E-state index contributed by atoms with van der Waals surface area (Å²) in [6.45, 7) is 2.51. The summed E-state index contributed by atoms with van der Waals surface area (Å²) in [5, 5.41) is 22.5. The van der Waals surface area contributed by atoms with Crippen LogP contribution in [-0.4, -0.2) is 33.1 Å². The smallest absolute Gasteiger partial charge is 0.235 e. The SMILES string of the molecule is CCOc1ccc(-c2nnc(SCC(=O)Nc3sccc3C#N)n2N)cc1. The molecule has 27 heavy (non-hydrogen) atoms. The van der Waals surface area contributed by atoms with Crippen molar-refractivity contribution in [1.29, 1.82) is 5.26 Å². The highest BCUT2D eigenvalue weighted by Crippen LogP contribution is 2.25. The number of hydrogen-bond donors (Lipinski definition) is 2. The quantitative estimate of drug-likeness (QED) is 0.462. The van der Waals surface area contributed by atoms with Crippen molar-refractivity contribution >= 4 is 34.0 Å². The summed E-state index contributed by atoms with van der Waals surface area (Å²) >= 11 is 2.47. The van der Waals surface area contributed by atoms with Crippen LogP contribution in [0.5, 0.6) is 5.75 Å². The van der Waals surface area contributed by atoms with Gasteiger partial charge in [0.15, 0.2) is 5.82 Å². The first-order chi connectivity index (χ1) is 13.1. The number of nitriles is 1. The largest absolute Gasteiger partial charge is 0.494 e. The number of thiophene rings is 1. The summed E-state index contributed by atoms with van der Waals surface area (Å²) in [4.78, 5) is 12.1. The van der Waals surface area contributed by atoms with Crippen LogP contribution in [0.4, 0.5) is 5.00 Å². The number of benzene rings is 1. The van der Waals surface area contributed by atoms with E-state index < -0.39 is 0 Å². The lowest BCUT2D eigenvalue weighted by atomic mass is 10.2. The third-order valence-electron chi connectivity index (χ3n) is 3.46. The Morgan fingerprint density at radius 3 is 2.85 bits per heavy atom. The fourth-order valence-corrected chi connectivity index (χ4v) is 3.64. The van der Waals surface area contributed by atoms with Crippen molar-refractivity contribution in [2.24, 2.45) is 0 Å². The molecule has 2 heterocycles. The van der Waals surface area contributed by atoms with Crippen molar-refractivity contribution < 1.29 is 9.53 Å². The van der Waals surface area contributed by atoms with Crippen LogP contribution in [0, 0.1) is 11.3 Å². The molecule has 0 saturated heterocycles. The molecule has 0 spiro atoms. The van der Waals surface area contributed by atoms with Gasteiger partial charge in [0.25, 0.3) is 0 Å². The molecule has 1 aromatic carbocycles. The van der Waals surface area contributed by atoms with Gasteiger partial charge in [-0.3, -0.25) is 4.79 Å². The van der Waals surface area contributed by atoms with Crippen molar-refractivity contribution in [3.05, 3.63) is 41.3 Å². The first kappa shape index (κ1) is 18.8. The second-order valence-corrected chi connectivity index (χ2v) is 7.10. The molecule has 0 bridgehead atoms. The van der Waals surface area contributed by atoms with Crippen LogP contribution >= 0.6 is 23.1 Å². The Morgan fingerprint density at radius 1 is 1.37 bits per heavy atom. The molecule has 3 rings (SSSR count). The van der Waals surface area contributed by atoms with Crippen LogP contribution in [0.3, 0.4) is 0 Å². The lowest BCUT2D eigenvalue weighted by molar-refractivity contribution is -0.113. The average Bonchev–Trinajstić information content (AvgIpc) is 3.27. The lowest BCUT2D eigenvalue weighted by Crippen LogP contribution is -2.16. The Hall–Kier alpha value is -3.03. The number of rotatable bonds is 7. The molecule has 1 amide bonds. The Bertz CT molecular complexity index is 974. The second kappa shape index (κ2) is 8.57. The summed E-state index contributed by atoms with van der Waals surface area (Å²) < 4.78 is 6.76. The Labute approximate surface area is 163 Å². The van der Waals surface area contributed by atoms with Gasteiger partial charge < -0.3 is 15.9 Å². The third-order valence-corrected chi connectivity index (χ3v) is 5.23. The molecule has 0 aliphatic rings. The average molecular weight is 400 g/mol. The van der Waals surface area contributed by atoms with Crippen LogP contribution in [0.25, 0.3) is 11.4 Å². The van der Waals surface area contributed by atoms with E-state index in [2.05, 4.69) is 15.5 Å². The normalized spacial score (nSPS) is 10.4. The molecular weight excluding hydrogens is 384 g/mol. The number of ether oxygens (including phenoxy) is 1. The molecular formula is C17H16N6O2S2. The third kappa shape index (κ3) is 4.39. The van der Waals surface area contributed by atoms with E-state index in [4.69, 9.17) is 15.8 Å². The fraction of sp³-hybridized carbons (Fsp3) is 0.176. The predicted molar refractivity (Wildman–Crippen MR) is 105 cm³/mol. The van der Waals surface area contributed by atoms with Gasteiger partial charge in [-0.05, 0) is 42.6 Å². The standard InChI is InChI=1S/C17H16N6O2S2/c1-2-25-13-5-3-11(4-6-13)15-21-22-17(23(15)19)27-10-14(24)20-16-12(9-18)7-8-26-16/h3-8H,2,10,19H2,1H3,(H,20,24). The molecule has 138 valence electrons. The van der Waals surface area contributed by atoms with Gasteiger partial charge in [-0.25, -0.2) is 4.68 Å². The van der Waals surface area contributed by atoms with E-state index in [-0.39, 0.29) is 11.7 Å². The van der Waals surface area contributed by atoms with Gasteiger partial charge >= 0.3 is 0 Å². The molecule has 0 atom stereocenters. The van der Waals surface area contributed by atoms with E-state index in [1.165, 1.54) is 27.8 Å². The summed E-state index contributed by atoms with van der Waals surface area (Å²) in [6, 6.07) is 11.1. The molecule has 0 radical (unpaired) electrons. The number of amides is 1. The van der Waals surface area contributed by atoms with Crippen molar-refractivity contribution in [1.82, 2.24) is 14.9 Å². The Balaban J connectivity index is 1.63. The molecule has 0 aliphatic heterocycles. The van der Waals surface area contributed by atoms with Crippen LogP contribution in [-0.2, 0) is 4.79 Å². The first-order valence-electron chi connectivity index (χ1n) is 7.96. The maximum atomic E-state index is 12.1. The van der Waals surface area contributed by atoms with E-state index in [0.29, 0.717) is 28.2 Å². The number of aromatic nitrogens is 3. The van der Waals surface area contributed by atoms with Crippen LogP contribution in [0.2, 0.25) is 0 Å². The minimum atomic E-state index is -0.246. The zero-order valence-electron chi connectivity index (χ0n) is 14.4. The molecule has 0 fully saturated rings. The number of carbonyl (C=O) groups excluding carboxylic acids is 1. The summed E-state index contributed by atoms with van der Waals surface area (Å²) in [5.74, 6) is 7.18. The zero-order valence-corrected chi connectivity index (χ0v) is 16.0. The lowest BCUT2D eigenvalue weighted by Gasteiger charge is -2.06. The topological polar surface area (TPSA) is 119 Å². The minimum Gasteiger partial charge on any atom is -0.494 e. The van der Waals surface area contributed by atoms with Gasteiger partial charge in [-0.2, -0.15) is 5.26 Å². The maximum absolute atomic E-state index is 12.1. The number of nitrogens with one attached hydrogen (secondary N) is 1. The second-order valence-electron chi connectivity index (χ2n) is 5.25. The number of hydrogen-bond acceptors (Lipinski definition) is 8. The molecule has 8 nitrogen and oxygen atoms in total. The van der Waals surface area contributed by atoms with E-state index >= 15 is 0 Å². The predicted octanol–water partition coefficient (Wildman–Crippen LogP) is 2.72. The van der Waals surface area contributed by atoms with Crippen LogP contribution in [0.1, 0.15) is 12.5 Å². The number of nitrogens with two attached hydrogens (primary N) is 1. The summed E-state index contributed by atoms with van der Waals surface area (Å²) in [5.41, 5.74) is 1.24. The number of nitrogen functional groups attached to an aromatic ring is 1. The van der Waals surface area contributed by atoms with E-state index in [9.17, 15) is 4.79 Å². The highest BCUT2D eigenvalue weighted by molar-refractivity contribution is 7.99. The van der Waals surface area contributed by atoms with E-state index in [0.717, 1.165) is 11.3 Å². The molecule has 0 aliphatic carbocycles. The molecule has 0 unspecified atom stereocenters. The van der Waals surface area contributed by atoms with Gasteiger partial charge in [0.05, 0.1) is 17.9 Å². The van der Waals surface area contributed by atoms with Crippen LogP contribution < -0.4 is 15.9 Å². The van der Waals surface area contributed by atoms with Crippen molar-refractivity contribution in [2.45, 2.75) is 12.1 Å². The van der Waals surface area contributed by atoms with Crippen molar-refractivity contribution in [3.8, 4) is 23.2 Å². The minimum absolute atomic E-state index is 0.0986. The number of thioether (sulfide) groups is 1. The Kier molecular flexibility index (Phi) is 5.95. The molecule has 0 saturated carbocycles. The zero-order chi connectivity index (χ0) is 19.2. The van der Waals surface area contributed by atoms with E-state index in [1.54, 1.807) is 11.4 Å². The molecule has 3 aromatic rings. The number of anilines is 1. The molecule has 3 N–H and O–H groups in total. The fourth-order valence-electron chi connectivity index (χ4n) is 2.23. The molecule has 2 aromatic heterocycles. The van der Waals surface area contributed by atoms with Gasteiger partial charge in [0.1, 0.15) is 16.8 Å². The van der Waals surface area contributed by atoms with Crippen molar-refractivity contribution in [3.63, 3.8) is 0 Å². The van der Waals surface area contributed by atoms with Gasteiger partial charge in [0, 0.05) is 5.56 Å². The van der Waals surface area contributed by atoms with E-state index in [1.807, 2.05) is 37.3 Å². The summed E-state index contributed by atoms with van der Waals surface area (Å²) in [7, 11) is 0. The monoisotopic (exact) mass is 400 g/mol. The Morgan fingerprint density at radius 2 is 2.15 bits per heavy atom. The van der Waals surface area contributed by atoms with Crippen molar-refractivity contribution in [2.75, 3.05) is 23.5 Å². The van der Waals surface area contributed by atoms with Crippen LogP contribution in [0.15, 0.2) is 40.9 Å². The summed E-state index contributed by atoms with van der Waals surface area (Å²) in [6.07, 6.45) is 0. The number of nitrogens with zero attached hydrogens (tertiary/aromatic N) is 4. The highest BCUT2D eigenvalue weighted by Gasteiger charge is 2.15. The van der Waals surface area contributed by atoms with Gasteiger partial charge in [-0.1, -0.05) is 11.8 Å².